The molecule has 3 rings (SSSR count). The zero-order chi connectivity index (χ0) is 16.4. The molecule has 0 amide bonds. The van der Waals surface area contributed by atoms with Crippen molar-refractivity contribution in [2.24, 2.45) is 0 Å². The molecule has 0 saturated carbocycles. The number of piperazine rings is 1. The lowest BCUT2D eigenvalue weighted by molar-refractivity contribution is 0.311. The van der Waals surface area contributed by atoms with Gasteiger partial charge in [-0.15, -0.1) is 15.3 Å². The highest BCUT2D eigenvalue weighted by atomic mass is 32.2. The minimum absolute atomic E-state index is 0.278. The van der Waals surface area contributed by atoms with Gasteiger partial charge in [-0.3, -0.25) is 0 Å². The van der Waals surface area contributed by atoms with Crippen molar-refractivity contribution in [1.82, 2.24) is 29.4 Å². The van der Waals surface area contributed by atoms with E-state index in [1.165, 1.54) is 0 Å². The van der Waals surface area contributed by atoms with E-state index in [9.17, 15) is 8.42 Å². The Hall–Kier alpha value is -1.78. The second kappa shape index (κ2) is 6.38. The molecule has 0 bridgehead atoms. The van der Waals surface area contributed by atoms with Crippen molar-refractivity contribution in [3.63, 3.8) is 0 Å². The van der Waals surface area contributed by atoms with E-state index in [2.05, 4.69) is 36.9 Å². The number of hydrogen-bond donors (Lipinski definition) is 1. The Morgan fingerprint density at radius 2 is 1.91 bits per heavy atom. The van der Waals surface area contributed by atoms with Crippen molar-refractivity contribution in [2.45, 2.75) is 6.42 Å². The summed E-state index contributed by atoms with van der Waals surface area (Å²) < 4.78 is 26.4. The first-order valence-corrected chi connectivity index (χ1v) is 9.41. The Bertz CT molecular complexity index is 781. The molecule has 126 valence electrons. The summed E-state index contributed by atoms with van der Waals surface area (Å²) in [5, 5.41) is 12.8. The van der Waals surface area contributed by atoms with E-state index >= 15 is 0 Å². The van der Waals surface area contributed by atoms with Gasteiger partial charge in [-0.2, -0.15) is 4.52 Å². The van der Waals surface area contributed by atoms with E-state index in [4.69, 9.17) is 0 Å². The Labute approximate surface area is 135 Å². The minimum Gasteiger partial charge on any atom is -0.353 e. The third kappa shape index (κ3) is 3.95. The van der Waals surface area contributed by atoms with Gasteiger partial charge in [0.05, 0.1) is 6.26 Å². The number of fused-ring (bicyclic) bond motifs is 1. The van der Waals surface area contributed by atoms with Gasteiger partial charge in [0.1, 0.15) is 5.82 Å². The van der Waals surface area contributed by atoms with E-state index in [0.717, 1.165) is 38.3 Å². The predicted octanol–water partition coefficient (Wildman–Crippen LogP) is -1.03. The third-order valence-electron chi connectivity index (χ3n) is 3.85. The summed E-state index contributed by atoms with van der Waals surface area (Å²) in [6.07, 6.45) is 1.58. The molecule has 0 unspecified atom stereocenters. The van der Waals surface area contributed by atoms with Crippen molar-refractivity contribution < 1.29 is 8.42 Å². The minimum atomic E-state index is -3.20. The number of nitrogens with zero attached hydrogens (tertiary/aromatic N) is 6. The summed E-state index contributed by atoms with van der Waals surface area (Å²) in [6, 6.07) is 3.84. The van der Waals surface area contributed by atoms with Crippen LogP contribution in [-0.4, -0.2) is 79.2 Å². The zero-order valence-corrected chi connectivity index (χ0v) is 14.1. The van der Waals surface area contributed by atoms with Gasteiger partial charge in [0, 0.05) is 39.1 Å². The van der Waals surface area contributed by atoms with Gasteiger partial charge >= 0.3 is 0 Å². The predicted molar refractivity (Wildman–Crippen MR) is 87.0 cm³/mol. The number of aromatic nitrogens is 4. The molecule has 1 saturated heterocycles. The molecule has 0 aliphatic carbocycles. The van der Waals surface area contributed by atoms with Crippen LogP contribution in [0.5, 0.6) is 0 Å². The first-order chi connectivity index (χ1) is 10.9. The van der Waals surface area contributed by atoms with Gasteiger partial charge in [0.15, 0.2) is 11.5 Å². The molecular weight excluding hydrogens is 318 g/mol. The standard InChI is InChI=1S/C13H21N7O2S/c1-18-7-9-19(10-8-18)13-4-3-11-15-16-12(20(11)17-13)5-6-14-23(2,21)22/h3-4,14H,5-10H2,1-2H3. The molecule has 10 heteroatoms. The van der Waals surface area contributed by atoms with E-state index in [1.807, 2.05) is 12.1 Å². The Kier molecular flexibility index (Phi) is 4.46. The van der Waals surface area contributed by atoms with Gasteiger partial charge in [0.25, 0.3) is 0 Å². The molecule has 1 fully saturated rings. The van der Waals surface area contributed by atoms with Gasteiger partial charge < -0.3 is 9.80 Å². The Morgan fingerprint density at radius 1 is 1.17 bits per heavy atom. The maximum atomic E-state index is 11.1. The third-order valence-corrected chi connectivity index (χ3v) is 4.58. The molecule has 2 aromatic heterocycles. The molecule has 3 heterocycles. The molecule has 23 heavy (non-hydrogen) atoms. The van der Waals surface area contributed by atoms with Crippen LogP contribution in [0, 0.1) is 0 Å². The van der Waals surface area contributed by atoms with E-state index in [1.54, 1.807) is 4.52 Å². The second-order valence-corrected chi connectivity index (χ2v) is 7.62. The monoisotopic (exact) mass is 339 g/mol. The van der Waals surface area contributed by atoms with Crippen LogP contribution in [0.2, 0.25) is 0 Å². The van der Waals surface area contributed by atoms with Crippen molar-refractivity contribution in [3.8, 4) is 0 Å². The molecular formula is C13H21N7O2S. The van der Waals surface area contributed by atoms with E-state index in [0.29, 0.717) is 17.9 Å². The van der Waals surface area contributed by atoms with Crippen LogP contribution < -0.4 is 9.62 Å². The normalized spacial score (nSPS) is 17.0. The fraction of sp³-hybridized carbons (Fsp3) is 0.615. The number of sulfonamides is 1. The highest BCUT2D eigenvalue weighted by Crippen LogP contribution is 2.14. The summed E-state index contributed by atoms with van der Waals surface area (Å²) >= 11 is 0. The quantitative estimate of drug-likeness (QED) is 0.744. The van der Waals surface area contributed by atoms with E-state index < -0.39 is 10.0 Å². The summed E-state index contributed by atoms with van der Waals surface area (Å²) in [4.78, 5) is 4.52. The van der Waals surface area contributed by atoms with Crippen molar-refractivity contribution in [3.05, 3.63) is 18.0 Å². The zero-order valence-electron chi connectivity index (χ0n) is 13.3. The highest BCUT2D eigenvalue weighted by Gasteiger charge is 2.17. The number of nitrogens with one attached hydrogen (secondary N) is 1. The molecule has 0 atom stereocenters. The SMILES string of the molecule is CN1CCN(c2ccc3nnc(CCNS(C)(=O)=O)n3n2)CC1. The van der Waals surface area contributed by atoms with Crippen molar-refractivity contribution in [1.29, 1.82) is 0 Å². The molecule has 1 aliphatic rings. The number of rotatable bonds is 5. The average Bonchev–Trinajstić information content (AvgIpc) is 2.89. The summed E-state index contributed by atoms with van der Waals surface area (Å²) in [5.41, 5.74) is 0.664. The van der Waals surface area contributed by atoms with Crippen LogP contribution >= 0.6 is 0 Å². The van der Waals surface area contributed by atoms with Crippen LogP contribution in [-0.2, 0) is 16.4 Å². The molecule has 9 nitrogen and oxygen atoms in total. The summed E-state index contributed by atoms with van der Waals surface area (Å²) in [7, 11) is -1.09. The lowest BCUT2D eigenvalue weighted by Crippen LogP contribution is -2.45. The number of hydrogen-bond acceptors (Lipinski definition) is 7. The number of likely N-dealkylation sites (N-methyl/N-ethyl adjacent to an activating group) is 1. The van der Waals surface area contributed by atoms with Gasteiger partial charge in [-0.25, -0.2) is 13.1 Å². The Morgan fingerprint density at radius 3 is 2.61 bits per heavy atom. The fourth-order valence-electron chi connectivity index (χ4n) is 2.53. The second-order valence-electron chi connectivity index (χ2n) is 5.78. The maximum Gasteiger partial charge on any atom is 0.208 e. The average molecular weight is 339 g/mol. The molecule has 0 aromatic carbocycles. The van der Waals surface area contributed by atoms with Crippen LogP contribution in [0.25, 0.3) is 5.65 Å². The summed E-state index contributed by atoms with van der Waals surface area (Å²) in [5.74, 6) is 1.54. The molecule has 2 aromatic rings. The van der Waals surface area contributed by atoms with Crippen LogP contribution in [0.1, 0.15) is 5.82 Å². The number of anilines is 1. The fourth-order valence-corrected chi connectivity index (χ4v) is 3.00. The lowest BCUT2D eigenvalue weighted by atomic mass is 10.3. The van der Waals surface area contributed by atoms with Crippen molar-refractivity contribution in [2.75, 3.05) is 50.9 Å². The van der Waals surface area contributed by atoms with Crippen LogP contribution in [0.3, 0.4) is 0 Å². The highest BCUT2D eigenvalue weighted by molar-refractivity contribution is 7.88. The molecule has 1 aliphatic heterocycles. The van der Waals surface area contributed by atoms with Gasteiger partial charge in [-0.1, -0.05) is 0 Å². The molecule has 1 N–H and O–H groups in total. The van der Waals surface area contributed by atoms with E-state index in [-0.39, 0.29) is 6.54 Å². The van der Waals surface area contributed by atoms with Crippen LogP contribution in [0.15, 0.2) is 12.1 Å². The molecule has 0 spiro atoms. The summed E-state index contributed by atoms with van der Waals surface area (Å²) in [6.45, 7) is 4.16. The Balaban J connectivity index is 1.77. The first-order valence-electron chi connectivity index (χ1n) is 7.52. The smallest absolute Gasteiger partial charge is 0.208 e. The largest absolute Gasteiger partial charge is 0.353 e. The van der Waals surface area contributed by atoms with Gasteiger partial charge in [0.2, 0.25) is 10.0 Å². The van der Waals surface area contributed by atoms with Gasteiger partial charge in [-0.05, 0) is 19.2 Å². The van der Waals surface area contributed by atoms with Crippen LogP contribution in [0.4, 0.5) is 5.82 Å². The van der Waals surface area contributed by atoms with Crippen molar-refractivity contribution >= 4 is 21.5 Å². The maximum absolute atomic E-state index is 11.1. The topological polar surface area (TPSA) is 95.7 Å². The molecule has 0 radical (unpaired) electrons. The lowest BCUT2D eigenvalue weighted by Gasteiger charge is -2.33. The first kappa shape index (κ1) is 16.1.